The van der Waals surface area contributed by atoms with Crippen molar-refractivity contribution in [1.29, 1.82) is 0 Å². The molecule has 110 valence electrons. The fourth-order valence-corrected chi connectivity index (χ4v) is 4.21. The molecule has 1 aromatic rings. The molecule has 0 saturated carbocycles. The van der Waals surface area contributed by atoms with Crippen LogP contribution in [0.15, 0.2) is 18.5 Å². The number of nitrogens with zero attached hydrogens (tertiary/aromatic N) is 3. The van der Waals surface area contributed by atoms with E-state index in [0.717, 1.165) is 37.5 Å². The Morgan fingerprint density at radius 1 is 1.25 bits per heavy atom. The van der Waals surface area contributed by atoms with Crippen molar-refractivity contribution in [3.63, 3.8) is 0 Å². The van der Waals surface area contributed by atoms with E-state index in [1.165, 1.54) is 37.2 Å². The van der Waals surface area contributed by atoms with Crippen LogP contribution in [0.25, 0.3) is 0 Å². The van der Waals surface area contributed by atoms with Gasteiger partial charge in [0.1, 0.15) is 0 Å². The van der Waals surface area contributed by atoms with Gasteiger partial charge in [0, 0.05) is 37.3 Å². The summed E-state index contributed by atoms with van der Waals surface area (Å²) in [5.74, 6) is 4.27. The normalized spacial score (nSPS) is 27.5. The molecule has 2 atom stereocenters. The maximum atomic E-state index is 4.38. The zero-order valence-corrected chi connectivity index (χ0v) is 12.8. The minimum Gasteiger partial charge on any atom is -0.341 e. The summed E-state index contributed by atoms with van der Waals surface area (Å²) in [6, 6.07) is 2.62. The molecule has 0 aromatic carbocycles. The molecule has 0 unspecified atom stereocenters. The molecule has 20 heavy (non-hydrogen) atoms. The van der Waals surface area contributed by atoms with Crippen molar-refractivity contribution in [2.75, 3.05) is 36.0 Å². The highest BCUT2D eigenvalue weighted by Gasteiger charge is 2.22. The molecule has 3 heterocycles. The predicted octanol–water partition coefficient (Wildman–Crippen LogP) is 2.18. The zero-order valence-electron chi connectivity index (χ0n) is 12.0. The first kappa shape index (κ1) is 14.1. The summed E-state index contributed by atoms with van der Waals surface area (Å²) in [7, 11) is 0. The third kappa shape index (κ3) is 3.85. The Balaban J connectivity index is 1.48. The lowest BCUT2D eigenvalue weighted by molar-refractivity contribution is 0.366. The van der Waals surface area contributed by atoms with Gasteiger partial charge in [0.05, 0.1) is 0 Å². The molecule has 0 radical (unpaired) electrons. The molecule has 0 spiro atoms. The number of anilines is 1. The summed E-state index contributed by atoms with van der Waals surface area (Å²) >= 11 is 2.09. The van der Waals surface area contributed by atoms with Gasteiger partial charge >= 0.3 is 0 Å². The van der Waals surface area contributed by atoms with Gasteiger partial charge in [-0.1, -0.05) is 0 Å². The zero-order chi connectivity index (χ0) is 13.6. The first-order chi connectivity index (χ1) is 9.92. The van der Waals surface area contributed by atoms with Crippen LogP contribution in [-0.2, 0) is 0 Å². The molecule has 0 bridgehead atoms. The van der Waals surface area contributed by atoms with Gasteiger partial charge in [0.2, 0.25) is 5.95 Å². The van der Waals surface area contributed by atoms with Crippen molar-refractivity contribution in [3.05, 3.63) is 18.5 Å². The van der Waals surface area contributed by atoms with Crippen LogP contribution in [-0.4, -0.2) is 47.1 Å². The first-order valence-electron chi connectivity index (χ1n) is 7.75. The SMILES string of the molecule is c1cnc(N2CCC[C@H](CN[C@H]3CCCSC3)C2)nc1. The van der Waals surface area contributed by atoms with Crippen LogP contribution in [0.4, 0.5) is 5.95 Å². The number of hydrogen-bond acceptors (Lipinski definition) is 5. The molecule has 3 rings (SSSR count). The third-order valence-corrected chi connectivity index (χ3v) is 5.42. The minimum absolute atomic E-state index is 0.733. The third-order valence-electron chi connectivity index (χ3n) is 4.21. The second kappa shape index (κ2) is 7.27. The molecule has 5 heteroatoms. The average molecular weight is 292 g/mol. The highest BCUT2D eigenvalue weighted by Crippen LogP contribution is 2.21. The molecule has 0 aliphatic carbocycles. The van der Waals surface area contributed by atoms with E-state index in [4.69, 9.17) is 0 Å². The Morgan fingerprint density at radius 2 is 2.15 bits per heavy atom. The van der Waals surface area contributed by atoms with Gasteiger partial charge in [-0.25, -0.2) is 9.97 Å². The summed E-state index contributed by atoms with van der Waals surface area (Å²) in [6.07, 6.45) is 8.98. The van der Waals surface area contributed by atoms with Crippen LogP contribution in [0.3, 0.4) is 0 Å². The topological polar surface area (TPSA) is 41.1 Å². The van der Waals surface area contributed by atoms with Crippen molar-refractivity contribution < 1.29 is 0 Å². The lowest BCUT2D eigenvalue weighted by atomic mass is 9.97. The largest absolute Gasteiger partial charge is 0.341 e. The van der Waals surface area contributed by atoms with Gasteiger partial charge in [-0.3, -0.25) is 0 Å². The standard InChI is InChI=1S/C15H24N4S/c1-4-13(10-18-14-5-2-9-20-12-14)11-19(8-1)15-16-6-3-7-17-15/h3,6-7,13-14,18H,1-2,4-5,8-12H2/t13-,14+/m1/s1. The van der Waals surface area contributed by atoms with E-state index in [-0.39, 0.29) is 0 Å². The molecule has 2 aliphatic rings. The average Bonchev–Trinajstić information content (AvgIpc) is 2.55. The molecule has 2 fully saturated rings. The van der Waals surface area contributed by atoms with Gasteiger partial charge in [0.15, 0.2) is 0 Å². The Hall–Kier alpha value is -0.810. The van der Waals surface area contributed by atoms with E-state index in [0.29, 0.717) is 0 Å². The molecule has 2 saturated heterocycles. The van der Waals surface area contributed by atoms with Crippen molar-refractivity contribution >= 4 is 17.7 Å². The van der Waals surface area contributed by atoms with E-state index in [9.17, 15) is 0 Å². The van der Waals surface area contributed by atoms with E-state index in [1.807, 2.05) is 18.5 Å². The molecule has 4 nitrogen and oxygen atoms in total. The highest BCUT2D eigenvalue weighted by atomic mass is 32.2. The van der Waals surface area contributed by atoms with Crippen LogP contribution in [0.1, 0.15) is 25.7 Å². The molecular weight excluding hydrogens is 268 g/mol. The Labute approximate surface area is 125 Å². The number of thioether (sulfide) groups is 1. The second-order valence-corrected chi connectivity index (χ2v) is 6.98. The van der Waals surface area contributed by atoms with E-state index >= 15 is 0 Å². The first-order valence-corrected chi connectivity index (χ1v) is 8.90. The molecule has 1 aromatic heterocycles. The Morgan fingerprint density at radius 3 is 2.95 bits per heavy atom. The van der Waals surface area contributed by atoms with Crippen molar-refractivity contribution in [2.45, 2.75) is 31.7 Å². The van der Waals surface area contributed by atoms with Crippen molar-refractivity contribution in [2.24, 2.45) is 5.92 Å². The van der Waals surface area contributed by atoms with Crippen LogP contribution >= 0.6 is 11.8 Å². The van der Waals surface area contributed by atoms with Crippen molar-refractivity contribution in [3.8, 4) is 0 Å². The maximum absolute atomic E-state index is 4.38. The van der Waals surface area contributed by atoms with E-state index < -0.39 is 0 Å². The quantitative estimate of drug-likeness (QED) is 0.921. The second-order valence-electron chi connectivity index (χ2n) is 5.83. The van der Waals surface area contributed by atoms with Gasteiger partial charge in [-0.2, -0.15) is 11.8 Å². The number of rotatable bonds is 4. The molecule has 0 amide bonds. The van der Waals surface area contributed by atoms with Gasteiger partial charge in [0.25, 0.3) is 0 Å². The molecular formula is C15H24N4S. The van der Waals surface area contributed by atoms with E-state index in [2.05, 4.69) is 31.9 Å². The summed E-state index contributed by atoms with van der Waals surface area (Å²) in [6.45, 7) is 3.34. The van der Waals surface area contributed by atoms with Crippen LogP contribution in [0.5, 0.6) is 0 Å². The van der Waals surface area contributed by atoms with Gasteiger partial charge in [-0.15, -0.1) is 0 Å². The minimum atomic E-state index is 0.733. The van der Waals surface area contributed by atoms with Crippen LogP contribution in [0.2, 0.25) is 0 Å². The number of hydrogen-bond donors (Lipinski definition) is 1. The number of nitrogens with one attached hydrogen (secondary N) is 1. The van der Waals surface area contributed by atoms with Crippen LogP contribution < -0.4 is 10.2 Å². The predicted molar refractivity (Wildman–Crippen MR) is 85.3 cm³/mol. The summed E-state index contributed by atoms with van der Waals surface area (Å²) in [5, 5.41) is 3.78. The summed E-state index contributed by atoms with van der Waals surface area (Å²) < 4.78 is 0. The molecule has 2 aliphatic heterocycles. The molecule has 1 N–H and O–H groups in total. The fraction of sp³-hybridized carbons (Fsp3) is 0.733. The smallest absolute Gasteiger partial charge is 0.225 e. The summed E-state index contributed by atoms with van der Waals surface area (Å²) in [4.78, 5) is 11.1. The van der Waals surface area contributed by atoms with Crippen molar-refractivity contribution in [1.82, 2.24) is 15.3 Å². The van der Waals surface area contributed by atoms with Gasteiger partial charge < -0.3 is 10.2 Å². The number of aromatic nitrogens is 2. The van der Waals surface area contributed by atoms with E-state index in [1.54, 1.807) is 0 Å². The highest BCUT2D eigenvalue weighted by molar-refractivity contribution is 7.99. The van der Waals surface area contributed by atoms with Crippen LogP contribution in [0, 0.1) is 5.92 Å². The van der Waals surface area contributed by atoms with Gasteiger partial charge in [-0.05, 0) is 50.0 Å². The Bertz CT molecular complexity index is 394. The lowest BCUT2D eigenvalue weighted by Crippen LogP contribution is -2.43. The maximum Gasteiger partial charge on any atom is 0.225 e. The number of piperidine rings is 1. The monoisotopic (exact) mass is 292 g/mol. The Kier molecular flexibility index (Phi) is 5.14. The lowest BCUT2D eigenvalue weighted by Gasteiger charge is -2.34. The summed E-state index contributed by atoms with van der Waals surface area (Å²) in [5.41, 5.74) is 0. The fourth-order valence-electron chi connectivity index (χ4n) is 3.10.